The van der Waals surface area contributed by atoms with Gasteiger partial charge < -0.3 is 37.6 Å². The maximum atomic E-state index is 14.5. The van der Waals surface area contributed by atoms with Crippen LogP contribution >= 0.6 is 0 Å². The highest BCUT2D eigenvalue weighted by Gasteiger charge is 2.56. The van der Waals surface area contributed by atoms with E-state index in [2.05, 4.69) is 65.3 Å². The normalized spacial score (nSPS) is 20.6. The summed E-state index contributed by atoms with van der Waals surface area (Å²) in [6, 6.07) is 52.4. The highest BCUT2D eigenvalue weighted by Crippen LogP contribution is 2.42. The van der Waals surface area contributed by atoms with E-state index in [4.69, 9.17) is 37.6 Å². The summed E-state index contributed by atoms with van der Waals surface area (Å²) in [6.45, 7) is 8.87. The predicted octanol–water partition coefficient (Wildman–Crippen LogP) is 8.22. The molecular weight excluding hydrogens is 1090 g/mol. The molecule has 0 radical (unpaired) electrons. The molecule has 0 saturated carbocycles. The first-order chi connectivity index (χ1) is 40.6. The Kier molecular flexibility index (Phi) is 17.8. The summed E-state index contributed by atoms with van der Waals surface area (Å²) in [5.41, 5.74) is 0.0767. The van der Waals surface area contributed by atoms with Crippen molar-refractivity contribution in [3.8, 4) is 0 Å². The average Bonchev–Trinajstić information content (AvgIpc) is 2.69. The molecule has 432 valence electrons. The number of anilines is 1. The van der Waals surface area contributed by atoms with Crippen molar-refractivity contribution in [1.82, 2.24) is 19.5 Å². The van der Waals surface area contributed by atoms with Gasteiger partial charge in [0, 0.05) is 12.3 Å². The first-order valence-corrected chi connectivity index (χ1v) is 29.5. The molecule has 2 aliphatic heterocycles. The van der Waals surface area contributed by atoms with Crippen LogP contribution in [0.5, 0.6) is 0 Å². The fourth-order valence-corrected chi connectivity index (χ4v) is 15.1. The topological polar surface area (TPSA) is 235 Å². The lowest BCUT2D eigenvalue weighted by Crippen LogP contribution is -2.68. The molecular formula is C64H63N5O14Si. The molecule has 0 bridgehead atoms. The third-order valence-corrected chi connectivity index (χ3v) is 19.7. The van der Waals surface area contributed by atoms with E-state index >= 15 is 0 Å². The fourth-order valence-electron chi connectivity index (χ4n) is 10.4. The number of esters is 4. The molecule has 0 unspecified atom stereocenters. The third kappa shape index (κ3) is 12.8. The number of aromatic amines is 1. The molecule has 6 aromatic carbocycles. The number of imidazole rings is 1. The molecule has 2 aliphatic rings. The van der Waals surface area contributed by atoms with Gasteiger partial charge in [-0.15, -0.1) is 0 Å². The summed E-state index contributed by atoms with van der Waals surface area (Å²) in [5.74, 6) is -4.24. The molecule has 0 aliphatic carbocycles. The molecule has 4 heterocycles. The second kappa shape index (κ2) is 25.7. The van der Waals surface area contributed by atoms with Crippen LogP contribution in [-0.2, 0) is 42.4 Å². The molecule has 84 heavy (non-hydrogen) atoms. The van der Waals surface area contributed by atoms with Crippen molar-refractivity contribution < 1.29 is 61.6 Å². The monoisotopic (exact) mass is 1150 g/mol. The molecule has 1 amide bonds. The Hall–Kier alpha value is -8.92. The van der Waals surface area contributed by atoms with Gasteiger partial charge in [0.2, 0.25) is 11.9 Å². The number of H-pyrrole nitrogens is 1. The van der Waals surface area contributed by atoms with Gasteiger partial charge in [-0.05, 0) is 63.9 Å². The van der Waals surface area contributed by atoms with E-state index in [0.717, 1.165) is 10.4 Å². The van der Waals surface area contributed by atoms with E-state index in [-0.39, 0.29) is 58.3 Å². The lowest BCUT2D eigenvalue weighted by atomic mass is 9.97. The minimum absolute atomic E-state index is 0.0124. The van der Waals surface area contributed by atoms with Crippen molar-refractivity contribution in [1.29, 1.82) is 0 Å². The number of hydrogen-bond donors (Lipinski definition) is 2. The van der Waals surface area contributed by atoms with Crippen LogP contribution < -0.4 is 21.2 Å². The number of nitrogens with one attached hydrogen (secondary N) is 2. The van der Waals surface area contributed by atoms with Gasteiger partial charge in [0.1, 0.15) is 25.0 Å². The van der Waals surface area contributed by atoms with Crippen LogP contribution in [0.1, 0.15) is 88.7 Å². The minimum atomic E-state index is -3.42. The van der Waals surface area contributed by atoms with Crippen molar-refractivity contribution in [2.45, 2.75) is 95.2 Å². The summed E-state index contributed by atoms with van der Waals surface area (Å²) in [5, 5.41) is 4.08. The Morgan fingerprint density at radius 3 is 1.57 bits per heavy atom. The molecule has 10 rings (SSSR count). The lowest BCUT2D eigenvalue weighted by molar-refractivity contribution is -0.303. The average molecular weight is 1150 g/mol. The van der Waals surface area contributed by atoms with Gasteiger partial charge in [0.15, 0.2) is 35.8 Å². The smallest absolute Gasteiger partial charge is 0.338 e. The number of amides is 1. The van der Waals surface area contributed by atoms with E-state index in [0.29, 0.717) is 0 Å². The number of benzene rings is 6. The summed E-state index contributed by atoms with van der Waals surface area (Å²) < 4.78 is 55.0. The summed E-state index contributed by atoms with van der Waals surface area (Å²) in [7, 11) is -3.42. The van der Waals surface area contributed by atoms with Crippen molar-refractivity contribution in [2.75, 3.05) is 18.5 Å². The van der Waals surface area contributed by atoms with Crippen LogP contribution in [-0.4, -0.2) is 114 Å². The first kappa shape index (κ1) is 58.3. The van der Waals surface area contributed by atoms with Crippen LogP contribution in [0.3, 0.4) is 0 Å². The predicted molar refractivity (Wildman–Crippen MR) is 311 cm³/mol. The lowest BCUT2D eigenvalue weighted by Gasteiger charge is -2.46. The fraction of sp³-hybridized carbons (Fsp3) is 0.281. The van der Waals surface area contributed by atoms with Gasteiger partial charge in [-0.1, -0.05) is 168 Å². The SMILES string of the molecule is CC(C)C(=O)Nc1nc2c(ncn2[C@H]2C[C@H](O[Si](c3ccccc3)(c3ccccc3)C(C)(C)C)[C@@H](CO[C@@H]3O[C@H](COC(=O)c4ccccc4)[C@H](OC(=O)c4ccccc4)[C@H](OC(=O)c4ccccc4)[C@H]3OC(=O)c3ccccc3)O2)c(=O)[nH]1. The first-order valence-electron chi connectivity index (χ1n) is 27.6. The molecule has 2 saturated heterocycles. The van der Waals surface area contributed by atoms with Crippen LogP contribution in [0.25, 0.3) is 11.2 Å². The van der Waals surface area contributed by atoms with Gasteiger partial charge in [0.05, 0.1) is 41.3 Å². The Labute approximate surface area is 485 Å². The molecule has 2 N–H and O–H groups in total. The number of carbonyl (C=O) groups excluding carboxylic acids is 5. The van der Waals surface area contributed by atoms with E-state index in [9.17, 15) is 28.8 Å². The molecule has 8 aromatic rings. The Bertz CT molecular complexity index is 3590. The van der Waals surface area contributed by atoms with E-state index < -0.39 is 104 Å². The Morgan fingerprint density at radius 1 is 0.619 bits per heavy atom. The van der Waals surface area contributed by atoms with E-state index in [1.807, 2.05) is 36.4 Å². The second-order valence-corrected chi connectivity index (χ2v) is 25.9. The number of ether oxygens (including phenoxy) is 7. The third-order valence-electron chi connectivity index (χ3n) is 14.6. The van der Waals surface area contributed by atoms with E-state index in [1.165, 1.54) is 42.7 Å². The van der Waals surface area contributed by atoms with Crippen LogP contribution in [0.15, 0.2) is 193 Å². The summed E-state index contributed by atoms with van der Waals surface area (Å²) in [6.07, 6.45) is -9.38. The molecule has 0 spiro atoms. The standard InChI is InChI=1S/C64H63N5O14Si/c1-40(2)56(70)67-63-66-55-51(57(71)68-63)65-39-69(55)50-36-47(83-84(64(3,4)5,45-32-20-10-21-33-45)46-34-22-11-23-35-46)48(78-50)37-77-62-54(82-61(75)44-30-18-9-19-31-44)53(81-60(74)43-28-16-8-17-29-43)52(80-59(73)42-26-14-7-15-27-42)49(79-62)38-76-58(72)41-24-12-6-13-25-41/h6-35,39-40,47-50,52-54,62H,36-38H2,1-5H3,(H2,66,67,68,70,71)/t47-,48+,49+,50+,52-,53-,54+,62+/m0/s1. The van der Waals surface area contributed by atoms with Crippen molar-refractivity contribution in [2.24, 2.45) is 5.92 Å². The second-order valence-electron chi connectivity index (χ2n) is 21.6. The van der Waals surface area contributed by atoms with Crippen LogP contribution in [0.2, 0.25) is 5.04 Å². The van der Waals surface area contributed by atoms with Crippen molar-refractivity contribution >= 4 is 65.6 Å². The van der Waals surface area contributed by atoms with Gasteiger partial charge >= 0.3 is 23.9 Å². The maximum absolute atomic E-state index is 14.5. The molecule has 20 heteroatoms. The Morgan fingerprint density at radius 2 is 1.08 bits per heavy atom. The number of hydrogen-bond acceptors (Lipinski definition) is 16. The van der Waals surface area contributed by atoms with Gasteiger partial charge in [-0.3, -0.25) is 24.5 Å². The number of nitrogens with zero attached hydrogens (tertiary/aromatic N) is 3. The molecule has 19 nitrogen and oxygen atoms in total. The highest BCUT2D eigenvalue weighted by molar-refractivity contribution is 6.99. The number of fused-ring (bicyclic) bond motifs is 1. The zero-order chi connectivity index (χ0) is 59.0. The summed E-state index contributed by atoms with van der Waals surface area (Å²) in [4.78, 5) is 95.0. The van der Waals surface area contributed by atoms with Crippen LogP contribution in [0.4, 0.5) is 5.95 Å². The molecule has 8 atom stereocenters. The van der Waals surface area contributed by atoms with Gasteiger partial charge in [-0.25, -0.2) is 24.2 Å². The van der Waals surface area contributed by atoms with Crippen molar-refractivity contribution in [3.05, 3.63) is 221 Å². The quantitative estimate of drug-likeness (QED) is 0.0441. The Balaban J connectivity index is 1.08. The zero-order valence-corrected chi connectivity index (χ0v) is 47.8. The van der Waals surface area contributed by atoms with Gasteiger partial charge in [-0.2, -0.15) is 4.98 Å². The van der Waals surface area contributed by atoms with Crippen molar-refractivity contribution in [3.63, 3.8) is 0 Å². The van der Waals surface area contributed by atoms with Crippen LogP contribution in [0, 0.1) is 5.92 Å². The molecule has 2 aromatic heterocycles. The minimum Gasteiger partial charge on any atom is -0.459 e. The zero-order valence-electron chi connectivity index (χ0n) is 46.8. The summed E-state index contributed by atoms with van der Waals surface area (Å²) >= 11 is 0. The van der Waals surface area contributed by atoms with Gasteiger partial charge in [0.25, 0.3) is 13.9 Å². The number of carbonyl (C=O) groups is 5. The van der Waals surface area contributed by atoms with E-state index in [1.54, 1.807) is 103 Å². The highest BCUT2D eigenvalue weighted by atomic mass is 28.4. The number of rotatable bonds is 19. The largest absolute Gasteiger partial charge is 0.459 e. The maximum Gasteiger partial charge on any atom is 0.338 e. The molecule has 2 fully saturated rings. The number of aromatic nitrogens is 4.